The van der Waals surface area contributed by atoms with E-state index in [2.05, 4.69) is 0 Å². The molecule has 0 spiro atoms. The average molecular weight is 273 g/mol. The summed E-state index contributed by atoms with van der Waals surface area (Å²) >= 11 is 0.901. The number of thiophene rings is 1. The summed E-state index contributed by atoms with van der Waals surface area (Å²) in [4.78, 5) is 36.2. The first-order chi connectivity index (χ1) is 9.09. The number of carbonyl (C=O) groups is 3. The summed E-state index contributed by atoms with van der Waals surface area (Å²) in [6.45, 7) is 0. The van der Waals surface area contributed by atoms with Crippen LogP contribution in [-0.4, -0.2) is 22.9 Å². The summed E-state index contributed by atoms with van der Waals surface area (Å²) in [5.41, 5.74) is 0.690. The first kappa shape index (κ1) is 11.6. The van der Waals surface area contributed by atoms with Gasteiger partial charge in [-0.2, -0.15) is 0 Å². The fraction of sp³-hybridized carbons (Fsp3) is 0. The third kappa shape index (κ3) is 1.65. The van der Waals surface area contributed by atoms with Gasteiger partial charge in [-0.15, -0.1) is 11.3 Å². The second-order valence-corrected chi connectivity index (χ2v) is 5.00. The van der Waals surface area contributed by atoms with Crippen LogP contribution in [0.15, 0.2) is 36.4 Å². The number of amides is 2. The number of benzene rings is 1. The van der Waals surface area contributed by atoms with E-state index in [1.165, 1.54) is 12.1 Å². The van der Waals surface area contributed by atoms with Gasteiger partial charge in [-0.25, -0.2) is 9.69 Å². The maximum atomic E-state index is 12.2. The number of carbonyl (C=O) groups excluding carboxylic acids is 2. The van der Waals surface area contributed by atoms with Crippen LogP contribution in [0.25, 0.3) is 0 Å². The fourth-order valence-corrected chi connectivity index (χ4v) is 2.79. The zero-order valence-corrected chi connectivity index (χ0v) is 10.3. The highest BCUT2D eigenvalue weighted by Gasteiger charge is 2.37. The van der Waals surface area contributed by atoms with Gasteiger partial charge in [-0.3, -0.25) is 9.59 Å². The minimum Gasteiger partial charge on any atom is -0.477 e. The van der Waals surface area contributed by atoms with Crippen molar-refractivity contribution in [3.8, 4) is 0 Å². The minimum atomic E-state index is -1.08. The van der Waals surface area contributed by atoms with Crippen LogP contribution in [-0.2, 0) is 0 Å². The Hall–Kier alpha value is -2.47. The van der Waals surface area contributed by atoms with E-state index in [0.29, 0.717) is 16.1 Å². The molecule has 0 aliphatic carbocycles. The Morgan fingerprint density at radius 2 is 1.58 bits per heavy atom. The number of carboxylic acid groups (broad SMARTS) is 1. The number of imide groups is 1. The number of hydrogen-bond donors (Lipinski definition) is 1. The molecule has 0 saturated carbocycles. The quantitative estimate of drug-likeness (QED) is 0.851. The van der Waals surface area contributed by atoms with Gasteiger partial charge in [-0.05, 0) is 24.3 Å². The van der Waals surface area contributed by atoms with Crippen LogP contribution in [0.4, 0.5) is 5.00 Å². The highest BCUT2D eigenvalue weighted by Crippen LogP contribution is 2.33. The normalized spacial score (nSPS) is 13.8. The highest BCUT2D eigenvalue weighted by atomic mass is 32.1. The van der Waals surface area contributed by atoms with E-state index in [0.717, 1.165) is 16.2 Å². The van der Waals surface area contributed by atoms with Gasteiger partial charge < -0.3 is 5.11 Å². The van der Waals surface area contributed by atoms with Crippen LogP contribution in [0.5, 0.6) is 0 Å². The van der Waals surface area contributed by atoms with Gasteiger partial charge in [0.2, 0.25) is 0 Å². The molecule has 5 nitrogen and oxygen atoms in total. The van der Waals surface area contributed by atoms with E-state index in [9.17, 15) is 14.4 Å². The predicted molar refractivity (Wildman–Crippen MR) is 68.9 cm³/mol. The molecule has 19 heavy (non-hydrogen) atoms. The molecule has 0 atom stereocenters. The molecule has 1 aliphatic heterocycles. The molecule has 1 aromatic carbocycles. The maximum Gasteiger partial charge on any atom is 0.345 e. The second-order valence-electron chi connectivity index (χ2n) is 3.93. The Bertz CT molecular complexity index is 684. The Labute approximate surface area is 111 Å². The van der Waals surface area contributed by atoms with Crippen LogP contribution in [0, 0.1) is 0 Å². The molecule has 2 aromatic rings. The molecule has 94 valence electrons. The van der Waals surface area contributed by atoms with E-state index in [1.807, 2.05) is 0 Å². The minimum absolute atomic E-state index is 0.0894. The lowest BCUT2D eigenvalue weighted by Gasteiger charge is -2.10. The molecule has 0 radical (unpaired) electrons. The number of aromatic carboxylic acids is 1. The average Bonchev–Trinajstić information content (AvgIpc) is 2.96. The van der Waals surface area contributed by atoms with Crippen LogP contribution in [0.3, 0.4) is 0 Å². The Balaban J connectivity index is 2.06. The Kier molecular flexibility index (Phi) is 2.46. The smallest absolute Gasteiger partial charge is 0.345 e. The van der Waals surface area contributed by atoms with E-state index < -0.39 is 17.8 Å². The third-order valence-corrected chi connectivity index (χ3v) is 3.88. The van der Waals surface area contributed by atoms with Gasteiger partial charge in [-0.1, -0.05) is 12.1 Å². The molecule has 1 N–H and O–H groups in total. The van der Waals surface area contributed by atoms with Crippen molar-refractivity contribution in [1.82, 2.24) is 0 Å². The van der Waals surface area contributed by atoms with Crippen LogP contribution in [0.1, 0.15) is 30.4 Å². The number of nitrogens with zero attached hydrogens (tertiary/aromatic N) is 1. The summed E-state index contributed by atoms with van der Waals surface area (Å²) < 4.78 is 0. The van der Waals surface area contributed by atoms with E-state index in [4.69, 9.17) is 5.11 Å². The van der Waals surface area contributed by atoms with Gasteiger partial charge in [0.1, 0.15) is 9.88 Å². The third-order valence-electron chi connectivity index (χ3n) is 2.82. The van der Waals surface area contributed by atoms with Crippen molar-refractivity contribution in [2.75, 3.05) is 4.90 Å². The van der Waals surface area contributed by atoms with Crippen molar-refractivity contribution in [2.45, 2.75) is 0 Å². The van der Waals surface area contributed by atoms with E-state index in [1.54, 1.807) is 24.3 Å². The first-order valence-electron chi connectivity index (χ1n) is 5.40. The number of anilines is 1. The maximum absolute atomic E-state index is 12.2. The fourth-order valence-electron chi connectivity index (χ4n) is 1.95. The highest BCUT2D eigenvalue weighted by molar-refractivity contribution is 7.18. The lowest BCUT2D eigenvalue weighted by Crippen LogP contribution is -2.28. The van der Waals surface area contributed by atoms with Gasteiger partial charge in [0.25, 0.3) is 11.8 Å². The number of carboxylic acids is 1. The lowest BCUT2D eigenvalue weighted by atomic mass is 10.1. The van der Waals surface area contributed by atoms with Crippen molar-refractivity contribution in [1.29, 1.82) is 0 Å². The van der Waals surface area contributed by atoms with Crippen molar-refractivity contribution >= 4 is 34.1 Å². The molecule has 0 bridgehead atoms. The van der Waals surface area contributed by atoms with Crippen molar-refractivity contribution in [3.05, 3.63) is 52.4 Å². The molecule has 0 saturated heterocycles. The van der Waals surface area contributed by atoms with Crippen LogP contribution in [0.2, 0.25) is 0 Å². The lowest BCUT2D eigenvalue weighted by molar-refractivity contribution is 0.0701. The van der Waals surface area contributed by atoms with Crippen molar-refractivity contribution in [3.63, 3.8) is 0 Å². The van der Waals surface area contributed by atoms with Crippen molar-refractivity contribution < 1.29 is 19.5 Å². The van der Waals surface area contributed by atoms with Crippen LogP contribution >= 0.6 is 11.3 Å². The number of fused-ring (bicyclic) bond motifs is 1. The van der Waals surface area contributed by atoms with Gasteiger partial charge in [0.15, 0.2) is 0 Å². The summed E-state index contributed by atoms with van der Waals surface area (Å²) in [6.07, 6.45) is 0. The topological polar surface area (TPSA) is 74.7 Å². The molecular formula is C13H7NO4S. The second kappa shape index (κ2) is 4.03. The number of hydrogen-bond acceptors (Lipinski definition) is 4. The largest absolute Gasteiger partial charge is 0.477 e. The van der Waals surface area contributed by atoms with E-state index in [-0.39, 0.29) is 4.88 Å². The van der Waals surface area contributed by atoms with E-state index >= 15 is 0 Å². The molecule has 1 aromatic heterocycles. The van der Waals surface area contributed by atoms with Gasteiger partial charge in [0.05, 0.1) is 11.1 Å². The Morgan fingerprint density at radius 1 is 1.00 bits per heavy atom. The molecule has 6 heteroatoms. The number of rotatable bonds is 2. The monoisotopic (exact) mass is 273 g/mol. The molecule has 0 fully saturated rings. The SMILES string of the molecule is O=C(O)c1ccc(N2C(=O)c3ccccc3C2=O)s1. The molecule has 3 rings (SSSR count). The molecule has 1 aliphatic rings. The molecule has 0 unspecified atom stereocenters. The van der Waals surface area contributed by atoms with Gasteiger partial charge in [0, 0.05) is 0 Å². The zero-order valence-electron chi connectivity index (χ0n) is 9.49. The summed E-state index contributed by atoms with van der Waals surface area (Å²) in [5, 5.41) is 9.19. The Morgan fingerprint density at radius 3 is 2.05 bits per heavy atom. The zero-order chi connectivity index (χ0) is 13.6. The summed E-state index contributed by atoms with van der Waals surface area (Å²) in [6, 6.07) is 9.39. The molecular weight excluding hydrogens is 266 g/mol. The summed E-state index contributed by atoms with van der Waals surface area (Å²) in [7, 11) is 0. The van der Waals surface area contributed by atoms with Crippen molar-refractivity contribution in [2.24, 2.45) is 0 Å². The van der Waals surface area contributed by atoms with Crippen LogP contribution < -0.4 is 4.90 Å². The predicted octanol–water partition coefficient (Wildman–Crippen LogP) is 2.25. The van der Waals surface area contributed by atoms with Gasteiger partial charge >= 0.3 is 5.97 Å². The molecule has 2 amide bonds. The molecule has 2 heterocycles. The summed E-state index contributed by atoms with van der Waals surface area (Å²) in [5.74, 6) is -1.91. The standard InChI is InChI=1S/C13H7NO4S/c15-11-7-3-1-2-4-8(7)12(16)14(11)10-6-5-9(19-10)13(17)18/h1-6H,(H,17,18). The first-order valence-corrected chi connectivity index (χ1v) is 6.22.